The van der Waals surface area contributed by atoms with E-state index < -0.39 is 0 Å². The molecule has 0 aliphatic rings. The smallest absolute Gasteiger partial charge is 0.0948 e. The van der Waals surface area contributed by atoms with E-state index in [0.717, 1.165) is 31.6 Å². The van der Waals surface area contributed by atoms with Crippen LogP contribution in [0.4, 0.5) is 0 Å². The minimum atomic E-state index is 0.0474. The largest absolute Gasteiger partial charge is 0.337 e. The van der Waals surface area contributed by atoms with Gasteiger partial charge in [0.05, 0.1) is 18.3 Å². The number of nitrogens with two attached hydrogens (primary N) is 1. The lowest BCUT2D eigenvalue weighted by molar-refractivity contribution is 0.534. The molecule has 0 saturated carbocycles. The molecule has 1 unspecified atom stereocenters. The topological polar surface area (TPSA) is 61.7 Å². The third kappa shape index (κ3) is 3.17. The van der Waals surface area contributed by atoms with Gasteiger partial charge in [0.1, 0.15) is 0 Å². The van der Waals surface area contributed by atoms with Crippen molar-refractivity contribution in [3.8, 4) is 0 Å². The van der Waals surface area contributed by atoms with Gasteiger partial charge in [0.2, 0.25) is 0 Å². The summed E-state index contributed by atoms with van der Waals surface area (Å²) in [4.78, 5) is 8.16. The van der Waals surface area contributed by atoms with E-state index in [1.165, 1.54) is 0 Å². The van der Waals surface area contributed by atoms with Crippen molar-refractivity contribution >= 4 is 0 Å². The first-order valence-electron chi connectivity index (χ1n) is 5.98. The number of unbranched alkanes of at least 4 members (excludes halogenated alkanes) is 1. The highest BCUT2D eigenvalue weighted by atomic mass is 15.1. The van der Waals surface area contributed by atoms with E-state index in [1.54, 1.807) is 0 Å². The minimum absolute atomic E-state index is 0.0474. The van der Waals surface area contributed by atoms with E-state index >= 15 is 0 Å². The van der Waals surface area contributed by atoms with Crippen LogP contribution in [0.1, 0.15) is 31.5 Å². The van der Waals surface area contributed by atoms with Crippen LogP contribution in [0.15, 0.2) is 31.2 Å². The lowest BCUT2D eigenvalue weighted by Gasteiger charge is -2.10. The van der Waals surface area contributed by atoms with Crippen LogP contribution < -0.4 is 5.73 Å². The highest BCUT2D eigenvalue weighted by Gasteiger charge is 2.05. The molecule has 92 valence electrons. The molecule has 0 bridgehead atoms. The number of aromatic nitrogens is 4. The Kier molecular flexibility index (Phi) is 3.93. The van der Waals surface area contributed by atoms with Crippen LogP contribution in [0, 0.1) is 0 Å². The monoisotopic (exact) mass is 233 g/mol. The molecule has 2 rings (SSSR count). The molecule has 5 nitrogen and oxygen atoms in total. The first kappa shape index (κ1) is 11.9. The summed E-state index contributed by atoms with van der Waals surface area (Å²) >= 11 is 0. The average molecular weight is 233 g/mol. The summed E-state index contributed by atoms with van der Waals surface area (Å²) in [7, 11) is 0. The van der Waals surface area contributed by atoms with Crippen LogP contribution in [0.25, 0.3) is 0 Å². The van der Waals surface area contributed by atoms with Gasteiger partial charge in [-0.25, -0.2) is 9.97 Å². The Morgan fingerprint density at radius 2 is 2.06 bits per heavy atom. The molecular formula is C12H19N5. The lowest BCUT2D eigenvalue weighted by atomic mass is 10.2. The molecule has 0 spiro atoms. The number of nitrogens with zero attached hydrogens (tertiary/aromatic N) is 4. The molecule has 0 aromatic carbocycles. The molecular weight excluding hydrogens is 214 g/mol. The number of hydrogen-bond acceptors (Lipinski definition) is 3. The maximum atomic E-state index is 5.87. The Labute approximate surface area is 101 Å². The second kappa shape index (κ2) is 5.63. The molecule has 2 heterocycles. The van der Waals surface area contributed by atoms with Crippen molar-refractivity contribution in [3.05, 3.63) is 36.9 Å². The van der Waals surface area contributed by atoms with Crippen molar-refractivity contribution in [1.82, 2.24) is 19.1 Å². The van der Waals surface area contributed by atoms with Gasteiger partial charge in [-0.2, -0.15) is 0 Å². The van der Waals surface area contributed by atoms with Gasteiger partial charge in [-0.3, -0.25) is 0 Å². The van der Waals surface area contributed by atoms with Gasteiger partial charge in [0.25, 0.3) is 0 Å². The fourth-order valence-electron chi connectivity index (χ4n) is 1.89. The Morgan fingerprint density at radius 1 is 1.24 bits per heavy atom. The Hall–Kier alpha value is -1.62. The fourth-order valence-corrected chi connectivity index (χ4v) is 1.89. The van der Waals surface area contributed by atoms with Crippen molar-refractivity contribution in [1.29, 1.82) is 0 Å². The molecule has 0 fully saturated rings. The maximum Gasteiger partial charge on any atom is 0.0948 e. The summed E-state index contributed by atoms with van der Waals surface area (Å²) in [6, 6.07) is 0.0474. The van der Waals surface area contributed by atoms with E-state index in [1.807, 2.05) is 38.2 Å². The molecule has 5 heteroatoms. The third-order valence-corrected chi connectivity index (χ3v) is 2.84. The van der Waals surface area contributed by atoms with Crippen LogP contribution >= 0.6 is 0 Å². The van der Waals surface area contributed by atoms with Gasteiger partial charge in [0.15, 0.2) is 0 Å². The molecule has 0 aliphatic heterocycles. The van der Waals surface area contributed by atoms with Crippen molar-refractivity contribution in [2.75, 3.05) is 0 Å². The summed E-state index contributed by atoms with van der Waals surface area (Å²) in [5.74, 6) is 0. The van der Waals surface area contributed by atoms with Crippen LogP contribution in [0.5, 0.6) is 0 Å². The summed E-state index contributed by atoms with van der Waals surface area (Å²) in [6.07, 6.45) is 11.6. The van der Waals surface area contributed by atoms with E-state index in [4.69, 9.17) is 5.73 Å². The van der Waals surface area contributed by atoms with Crippen LogP contribution in [-0.2, 0) is 13.1 Å². The van der Waals surface area contributed by atoms with E-state index in [2.05, 4.69) is 19.1 Å². The second-order valence-corrected chi connectivity index (χ2v) is 4.31. The summed E-state index contributed by atoms with van der Waals surface area (Å²) in [6.45, 7) is 3.98. The predicted molar refractivity (Wildman–Crippen MR) is 66.3 cm³/mol. The zero-order valence-electron chi connectivity index (χ0n) is 10.2. The number of imidazole rings is 2. The maximum absolute atomic E-state index is 5.87. The highest BCUT2D eigenvalue weighted by molar-refractivity contribution is 5.02. The summed E-state index contributed by atoms with van der Waals surface area (Å²) in [5, 5.41) is 0. The third-order valence-electron chi connectivity index (χ3n) is 2.84. The van der Waals surface area contributed by atoms with Gasteiger partial charge >= 0.3 is 0 Å². The van der Waals surface area contributed by atoms with Gasteiger partial charge in [-0.05, 0) is 19.8 Å². The summed E-state index contributed by atoms with van der Waals surface area (Å²) < 4.78 is 4.24. The predicted octanol–water partition coefficient (Wildman–Crippen LogP) is 1.58. The van der Waals surface area contributed by atoms with Crippen molar-refractivity contribution < 1.29 is 0 Å². The van der Waals surface area contributed by atoms with Crippen molar-refractivity contribution in [2.45, 2.75) is 38.9 Å². The van der Waals surface area contributed by atoms with Gasteiger partial charge in [-0.1, -0.05) is 0 Å². The van der Waals surface area contributed by atoms with E-state index in [0.29, 0.717) is 0 Å². The molecule has 2 aromatic heterocycles. The van der Waals surface area contributed by atoms with Gasteiger partial charge in [-0.15, -0.1) is 0 Å². The van der Waals surface area contributed by atoms with Gasteiger partial charge < -0.3 is 14.9 Å². The zero-order valence-corrected chi connectivity index (χ0v) is 10.2. The number of rotatable bonds is 6. The molecule has 2 N–H and O–H groups in total. The molecule has 2 aromatic rings. The lowest BCUT2D eigenvalue weighted by Crippen LogP contribution is -2.12. The number of aryl methyl sites for hydroxylation is 2. The minimum Gasteiger partial charge on any atom is -0.337 e. The quantitative estimate of drug-likeness (QED) is 0.770. The Bertz CT molecular complexity index is 429. The van der Waals surface area contributed by atoms with Crippen molar-refractivity contribution in [2.24, 2.45) is 5.73 Å². The molecule has 17 heavy (non-hydrogen) atoms. The van der Waals surface area contributed by atoms with Gasteiger partial charge in [0, 0.05) is 37.7 Å². The van der Waals surface area contributed by atoms with Crippen molar-refractivity contribution in [3.63, 3.8) is 0 Å². The SMILES string of the molecule is CC(N)c1cncn1CCCCn1ccnc1. The standard InChI is InChI=1S/C12H19N5/c1-11(13)12-8-15-10-17(12)6-3-2-5-16-7-4-14-9-16/h4,7-11H,2-3,5-6,13H2,1H3. The van der Waals surface area contributed by atoms with E-state index in [-0.39, 0.29) is 6.04 Å². The normalized spacial score (nSPS) is 12.8. The molecule has 0 saturated heterocycles. The molecule has 0 aliphatic carbocycles. The average Bonchev–Trinajstić information content (AvgIpc) is 2.95. The molecule has 0 amide bonds. The van der Waals surface area contributed by atoms with Crippen LogP contribution in [0.2, 0.25) is 0 Å². The highest BCUT2D eigenvalue weighted by Crippen LogP contribution is 2.10. The van der Waals surface area contributed by atoms with Crippen LogP contribution in [-0.4, -0.2) is 19.1 Å². The molecule has 1 atom stereocenters. The first-order valence-corrected chi connectivity index (χ1v) is 5.98. The summed E-state index contributed by atoms with van der Waals surface area (Å²) in [5.41, 5.74) is 6.97. The number of hydrogen-bond donors (Lipinski definition) is 1. The Morgan fingerprint density at radius 3 is 2.76 bits per heavy atom. The second-order valence-electron chi connectivity index (χ2n) is 4.31. The van der Waals surface area contributed by atoms with E-state index in [9.17, 15) is 0 Å². The molecule has 0 radical (unpaired) electrons. The van der Waals surface area contributed by atoms with Crippen LogP contribution in [0.3, 0.4) is 0 Å². The fraction of sp³-hybridized carbons (Fsp3) is 0.500. The Balaban J connectivity index is 1.76. The zero-order chi connectivity index (χ0) is 12.1. The first-order chi connectivity index (χ1) is 8.27.